The van der Waals surface area contributed by atoms with Crippen molar-refractivity contribution < 1.29 is 4.79 Å². The number of amides is 1. The smallest absolute Gasteiger partial charge is 0.273 e. The van der Waals surface area contributed by atoms with Crippen LogP contribution in [-0.4, -0.2) is 31.3 Å². The molecule has 0 bridgehead atoms. The van der Waals surface area contributed by atoms with Crippen molar-refractivity contribution in [2.75, 3.05) is 0 Å². The minimum Gasteiger partial charge on any atom is -0.346 e. The number of rotatable bonds is 4. The molecular formula is C14H20ClN5O. The Labute approximate surface area is 129 Å². The van der Waals surface area contributed by atoms with Crippen molar-refractivity contribution >= 4 is 17.5 Å². The zero-order chi connectivity index (χ0) is 15.6. The summed E-state index contributed by atoms with van der Waals surface area (Å²) in [4.78, 5) is 16.4. The molecule has 7 heteroatoms. The summed E-state index contributed by atoms with van der Waals surface area (Å²) in [5.74, 6) is -0.263. The molecule has 1 atom stereocenters. The molecular weight excluding hydrogens is 290 g/mol. The van der Waals surface area contributed by atoms with E-state index in [9.17, 15) is 4.79 Å². The van der Waals surface area contributed by atoms with E-state index in [1.54, 1.807) is 25.8 Å². The van der Waals surface area contributed by atoms with Crippen molar-refractivity contribution in [3.63, 3.8) is 0 Å². The van der Waals surface area contributed by atoms with Crippen LogP contribution in [0.3, 0.4) is 0 Å². The van der Waals surface area contributed by atoms with E-state index in [4.69, 9.17) is 11.6 Å². The zero-order valence-electron chi connectivity index (χ0n) is 12.7. The highest BCUT2D eigenvalue weighted by atomic mass is 35.5. The Kier molecular flexibility index (Phi) is 4.37. The first-order valence-electron chi connectivity index (χ1n) is 6.73. The Morgan fingerprint density at radius 2 is 2.19 bits per heavy atom. The van der Waals surface area contributed by atoms with Crippen molar-refractivity contribution in [1.29, 1.82) is 0 Å². The third-order valence-corrected chi connectivity index (χ3v) is 3.58. The van der Waals surface area contributed by atoms with Crippen molar-refractivity contribution in [3.8, 4) is 0 Å². The van der Waals surface area contributed by atoms with Gasteiger partial charge in [-0.3, -0.25) is 9.48 Å². The minimum absolute atomic E-state index is 0.0720. The number of carbonyl (C=O) groups excluding carboxylic acids is 1. The summed E-state index contributed by atoms with van der Waals surface area (Å²) in [5.41, 5.74) is 0.139. The molecule has 2 heterocycles. The molecule has 2 rings (SSSR count). The fourth-order valence-electron chi connectivity index (χ4n) is 1.98. The van der Waals surface area contributed by atoms with E-state index in [1.165, 1.54) is 4.68 Å². The number of nitrogens with zero attached hydrogens (tertiary/aromatic N) is 4. The highest BCUT2D eigenvalue weighted by Crippen LogP contribution is 2.22. The lowest BCUT2D eigenvalue weighted by atomic mass is 9.86. The Morgan fingerprint density at radius 1 is 1.48 bits per heavy atom. The summed E-state index contributed by atoms with van der Waals surface area (Å²) in [7, 11) is 1.73. The first-order valence-corrected chi connectivity index (χ1v) is 7.11. The van der Waals surface area contributed by atoms with Crippen LogP contribution in [0.25, 0.3) is 0 Å². The molecule has 6 nitrogen and oxygen atoms in total. The van der Waals surface area contributed by atoms with Gasteiger partial charge in [0.15, 0.2) is 5.69 Å². The van der Waals surface area contributed by atoms with E-state index in [0.717, 1.165) is 0 Å². The molecule has 0 aliphatic carbocycles. The van der Waals surface area contributed by atoms with E-state index >= 15 is 0 Å². The number of hydrogen-bond donors (Lipinski definition) is 1. The summed E-state index contributed by atoms with van der Waals surface area (Å²) in [6.45, 7) is 6.87. The molecule has 0 fully saturated rings. The third-order valence-electron chi connectivity index (χ3n) is 3.30. The number of carbonyl (C=O) groups is 1. The molecule has 1 N–H and O–H groups in total. The lowest BCUT2D eigenvalue weighted by molar-refractivity contribution is 0.0887. The van der Waals surface area contributed by atoms with Crippen molar-refractivity contribution in [3.05, 3.63) is 35.6 Å². The molecule has 0 spiro atoms. The van der Waals surface area contributed by atoms with E-state index < -0.39 is 0 Å². The van der Waals surface area contributed by atoms with Gasteiger partial charge in [-0.15, -0.1) is 0 Å². The summed E-state index contributed by atoms with van der Waals surface area (Å²) >= 11 is 6.02. The van der Waals surface area contributed by atoms with Crippen LogP contribution in [0.2, 0.25) is 5.02 Å². The van der Waals surface area contributed by atoms with Gasteiger partial charge in [0.05, 0.1) is 17.4 Å². The third kappa shape index (κ3) is 3.85. The second-order valence-corrected chi connectivity index (χ2v) is 6.56. The maximum Gasteiger partial charge on any atom is 0.273 e. The van der Waals surface area contributed by atoms with Crippen LogP contribution >= 0.6 is 11.6 Å². The number of nitrogens with one attached hydrogen (secondary N) is 1. The minimum atomic E-state index is -0.263. The molecule has 0 unspecified atom stereocenters. The maximum atomic E-state index is 12.4. The van der Waals surface area contributed by atoms with Gasteiger partial charge < -0.3 is 9.88 Å². The number of hydrogen-bond acceptors (Lipinski definition) is 3. The summed E-state index contributed by atoms with van der Waals surface area (Å²) < 4.78 is 3.47. The second-order valence-electron chi connectivity index (χ2n) is 6.15. The Bertz CT molecular complexity index is 612. The van der Waals surface area contributed by atoms with Gasteiger partial charge in [0.1, 0.15) is 0 Å². The molecule has 2 aromatic rings. The predicted molar refractivity (Wildman–Crippen MR) is 81.2 cm³/mol. The zero-order valence-corrected chi connectivity index (χ0v) is 13.4. The van der Waals surface area contributed by atoms with Gasteiger partial charge in [0.2, 0.25) is 0 Å². The molecule has 2 aromatic heterocycles. The fraction of sp³-hybridized carbons (Fsp3) is 0.500. The van der Waals surface area contributed by atoms with Crippen LogP contribution in [0.15, 0.2) is 24.9 Å². The Hall–Kier alpha value is -1.82. The van der Waals surface area contributed by atoms with Gasteiger partial charge in [-0.1, -0.05) is 32.4 Å². The highest BCUT2D eigenvalue weighted by Gasteiger charge is 2.28. The molecule has 1 amide bonds. The maximum absolute atomic E-state index is 12.4. The van der Waals surface area contributed by atoms with E-state index in [2.05, 4.69) is 36.2 Å². The quantitative estimate of drug-likeness (QED) is 0.941. The standard InChI is InChI=1S/C14H20ClN5O/c1-14(2,3)11(8-20-6-5-16-9-20)17-13(21)12-10(15)7-19(4)18-12/h5-7,9,11H,8H2,1-4H3,(H,17,21)/t11-/m0/s1. The van der Waals surface area contributed by atoms with Crippen molar-refractivity contribution in [2.24, 2.45) is 12.5 Å². The average Bonchev–Trinajstić information content (AvgIpc) is 2.96. The van der Waals surface area contributed by atoms with Gasteiger partial charge >= 0.3 is 0 Å². The molecule has 0 saturated heterocycles. The van der Waals surface area contributed by atoms with Crippen LogP contribution in [0, 0.1) is 5.41 Å². The molecule has 114 valence electrons. The molecule has 0 saturated carbocycles. The van der Waals surface area contributed by atoms with Gasteiger partial charge in [0.25, 0.3) is 5.91 Å². The molecule has 0 aromatic carbocycles. The fourth-order valence-corrected chi connectivity index (χ4v) is 2.25. The second kappa shape index (κ2) is 5.89. The Morgan fingerprint density at radius 3 is 2.67 bits per heavy atom. The van der Waals surface area contributed by atoms with Crippen LogP contribution in [0.4, 0.5) is 0 Å². The van der Waals surface area contributed by atoms with Crippen molar-refractivity contribution in [1.82, 2.24) is 24.6 Å². The van der Waals surface area contributed by atoms with E-state index in [0.29, 0.717) is 11.6 Å². The topological polar surface area (TPSA) is 64.7 Å². The lowest BCUT2D eigenvalue weighted by Gasteiger charge is -2.31. The molecule has 0 aliphatic rings. The lowest BCUT2D eigenvalue weighted by Crippen LogP contribution is -2.46. The summed E-state index contributed by atoms with van der Waals surface area (Å²) in [5, 5.41) is 7.47. The predicted octanol–water partition coefficient (Wildman–Crippen LogP) is 2.11. The first-order chi connectivity index (χ1) is 9.77. The average molecular weight is 310 g/mol. The molecule has 21 heavy (non-hydrogen) atoms. The summed E-state index contributed by atoms with van der Waals surface area (Å²) in [6, 6.07) is -0.0720. The number of aromatic nitrogens is 4. The normalized spacial score (nSPS) is 13.2. The monoisotopic (exact) mass is 309 g/mol. The van der Waals surface area contributed by atoms with Crippen LogP contribution in [-0.2, 0) is 13.6 Å². The molecule has 0 radical (unpaired) electrons. The number of imidazole rings is 1. The van der Waals surface area contributed by atoms with Crippen LogP contribution in [0.5, 0.6) is 0 Å². The van der Waals surface area contributed by atoms with E-state index in [-0.39, 0.29) is 23.1 Å². The van der Waals surface area contributed by atoms with Gasteiger partial charge in [-0.25, -0.2) is 4.98 Å². The number of halogens is 1. The van der Waals surface area contributed by atoms with Crippen LogP contribution < -0.4 is 5.32 Å². The highest BCUT2D eigenvalue weighted by molar-refractivity contribution is 6.33. The molecule has 0 aliphatic heterocycles. The van der Waals surface area contributed by atoms with Gasteiger partial charge in [-0.05, 0) is 5.41 Å². The SMILES string of the molecule is Cn1cc(Cl)c(C(=O)N[C@@H](Cn2ccnc2)C(C)(C)C)n1. The van der Waals surface area contributed by atoms with Crippen LogP contribution in [0.1, 0.15) is 31.3 Å². The Balaban J connectivity index is 2.15. The van der Waals surface area contributed by atoms with Gasteiger partial charge in [-0.2, -0.15) is 5.10 Å². The summed E-state index contributed by atoms with van der Waals surface area (Å²) in [6.07, 6.45) is 6.94. The largest absolute Gasteiger partial charge is 0.346 e. The first kappa shape index (κ1) is 15.6. The van der Waals surface area contributed by atoms with Gasteiger partial charge in [0, 0.05) is 32.2 Å². The van der Waals surface area contributed by atoms with Crippen molar-refractivity contribution in [2.45, 2.75) is 33.4 Å². The number of aryl methyl sites for hydroxylation is 1. The van der Waals surface area contributed by atoms with E-state index in [1.807, 2.05) is 10.8 Å².